The predicted molar refractivity (Wildman–Crippen MR) is 73.8 cm³/mol. The third-order valence-electron chi connectivity index (χ3n) is 2.64. The summed E-state index contributed by atoms with van der Waals surface area (Å²) in [6.45, 7) is 0.803. The Kier molecular flexibility index (Phi) is 4.67. The maximum Gasteiger partial charge on any atom is 0.140 e. The van der Waals surface area contributed by atoms with Crippen molar-refractivity contribution in [3.8, 4) is 6.07 Å². The molecular weight excluding hydrogens is 309 g/mol. The van der Waals surface area contributed by atoms with Crippen molar-refractivity contribution >= 4 is 15.9 Å². The van der Waals surface area contributed by atoms with E-state index in [2.05, 4.69) is 15.9 Å². The van der Waals surface area contributed by atoms with Crippen LogP contribution in [0.4, 0.5) is 4.39 Å². The van der Waals surface area contributed by atoms with Gasteiger partial charge in [0.1, 0.15) is 11.9 Å². The fraction of sp³-hybridized carbons (Fsp3) is 0.133. The fourth-order valence-electron chi connectivity index (χ4n) is 1.64. The summed E-state index contributed by atoms with van der Waals surface area (Å²) in [5, 5.41) is 8.75. The maximum atomic E-state index is 13.1. The first-order valence-electron chi connectivity index (χ1n) is 5.70. The molecular formula is C15H11BrFNO. The molecule has 0 aliphatic heterocycles. The number of rotatable bonds is 4. The Morgan fingerprint density at radius 1 is 1.16 bits per heavy atom. The molecule has 0 spiro atoms. The van der Waals surface area contributed by atoms with Gasteiger partial charge in [0.05, 0.1) is 18.8 Å². The molecule has 2 rings (SSSR count). The molecule has 0 saturated carbocycles. The Bertz CT molecular complexity index is 622. The van der Waals surface area contributed by atoms with Gasteiger partial charge in [0.2, 0.25) is 0 Å². The molecule has 0 radical (unpaired) electrons. The molecule has 19 heavy (non-hydrogen) atoms. The van der Waals surface area contributed by atoms with Crippen molar-refractivity contribution in [1.82, 2.24) is 0 Å². The van der Waals surface area contributed by atoms with E-state index >= 15 is 0 Å². The highest BCUT2D eigenvalue weighted by Crippen LogP contribution is 2.17. The summed E-state index contributed by atoms with van der Waals surface area (Å²) in [4.78, 5) is 0. The molecule has 0 N–H and O–H groups in total. The minimum Gasteiger partial charge on any atom is -0.372 e. The van der Waals surface area contributed by atoms with Crippen LogP contribution in [0.3, 0.4) is 0 Å². The van der Waals surface area contributed by atoms with Crippen molar-refractivity contribution in [3.63, 3.8) is 0 Å². The zero-order chi connectivity index (χ0) is 13.7. The van der Waals surface area contributed by atoms with Gasteiger partial charge in [-0.1, -0.05) is 40.2 Å². The van der Waals surface area contributed by atoms with Crippen LogP contribution >= 0.6 is 15.9 Å². The van der Waals surface area contributed by atoms with Crippen molar-refractivity contribution in [3.05, 3.63) is 69.4 Å². The molecule has 96 valence electrons. The molecule has 0 amide bonds. The largest absolute Gasteiger partial charge is 0.372 e. The minimum absolute atomic E-state index is 0.0435. The molecule has 0 atom stereocenters. The van der Waals surface area contributed by atoms with Crippen LogP contribution in [0.15, 0.2) is 46.9 Å². The van der Waals surface area contributed by atoms with Gasteiger partial charge in [-0.05, 0) is 29.3 Å². The Hall–Kier alpha value is -1.70. The van der Waals surface area contributed by atoms with Gasteiger partial charge in [-0.15, -0.1) is 0 Å². The van der Waals surface area contributed by atoms with Crippen molar-refractivity contribution in [2.75, 3.05) is 0 Å². The van der Waals surface area contributed by atoms with E-state index in [-0.39, 0.29) is 5.56 Å². The van der Waals surface area contributed by atoms with Crippen LogP contribution in [0, 0.1) is 17.1 Å². The van der Waals surface area contributed by atoms with Gasteiger partial charge < -0.3 is 4.74 Å². The zero-order valence-electron chi connectivity index (χ0n) is 10.1. The molecule has 0 bridgehead atoms. The Morgan fingerprint density at radius 2 is 1.95 bits per heavy atom. The van der Waals surface area contributed by atoms with Crippen LogP contribution < -0.4 is 0 Å². The molecule has 0 fully saturated rings. The number of hydrogen-bond acceptors (Lipinski definition) is 2. The second-order valence-electron chi connectivity index (χ2n) is 4.01. The second kappa shape index (κ2) is 6.46. The monoisotopic (exact) mass is 319 g/mol. The number of benzene rings is 2. The summed E-state index contributed by atoms with van der Waals surface area (Å²) in [6.07, 6.45) is 0. The lowest BCUT2D eigenvalue weighted by molar-refractivity contribution is 0.106. The summed E-state index contributed by atoms with van der Waals surface area (Å²) < 4.78 is 19.7. The summed E-state index contributed by atoms with van der Waals surface area (Å²) in [5.74, 6) is -0.503. The first kappa shape index (κ1) is 13.7. The van der Waals surface area contributed by atoms with Crippen LogP contribution in [0.1, 0.15) is 16.7 Å². The standard InChI is InChI=1S/C15H11BrFNO/c16-14-4-2-1-3-12(14)10-19-9-11-5-6-15(17)13(7-11)8-18/h1-7H,9-10H2. The third kappa shape index (κ3) is 3.63. The summed E-state index contributed by atoms with van der Waals surface area (Å²) in [7, 11) is 0. The number of nitrogens with zero attached hydrogens (tertiary/aromatic N) is 1. The predicted octanol–water partition coefficient (Wildman–Crippen LogP) is 4.18. The first-order valence-corrected chi connectivity index (χ1v) is 6.49. The lowest BCUT2D eigenvalue weighted by Gasteiger charge is -2.07. The van der Waals surface area contributed by atoms with Crippen LogP contribution in [-0.2, 0) is 18.0 Å². The second-order valence-corrected chi connectivity index (χ2v) is 4.86. The van der Waals surface area contributed by atoms with Crippen LogP contribution in [0.5, 0.6) is 0 Å². The highest BCUT2D eigenvalue weighted by molar-refractivity contribution is 9.10. The number of hydrogen-bond donors (Lipinski definition) is 0. The molecule has 0 heterocycles. The van der Waals surface area contributed by atoms with Gasteiger partial charge >= 0.3 is 0 Å². The Balaban J connectivity index is 1.97. The van der Waals surface area contributed by atoms with Crippen LogP contribution in [-0.4, -0.2) is 0 Å². The topological polar surface area (TPSA) is 33.0 Å². The molecule has 0 aliphatic carbocycles. The van der Waals surface area contributed by atoms with Crippen LogP contribution in [0.2, 0.25) is 0 Å². The third-order valence-corrected chi connectivity index (χ3v) is 3.41. The highest BCUT2D eigenvalue weighted by Gasteiger charge is 2.03. The van der Waals surface area contributed by atoms with E-state index in [4.69, 9.17) is 10.00 Å². The SMILES string of the molecule is N#Cc1cc(COCc2ccccc2Br)ccc1F. The van der Waals surface area contributed by atoms with Crippen LogP contribution in [0.25, 0.3) is 0 Å². The lowest BCUT2D eigenvalue weighted by atomic mass is 10.1. The normalized spacial score (nSPS) is 10.2. The summed E-state index contributed by atoms with van der Waals surface area (Å²) >= 11 is 3.44. The Morgan fingerprint density at radius 3 is 2.68 bits per heavy atom. The molecule has 2 aromatic carbocycles. The average molecular weight is 320 g/mol. The van der Waals surface area contributed by atoms with E-state index in [9.17, 15) is 4.39 Å². The number of ether oxygens (including phenoxy) is 1. The molecule has 0 saturated heterocycles. The van der Waals surface area contributed by atoms with Gasteiger partial charge in [0.15, 0.2) is 0 Å². The average Bonchev–Trinajstić information content (AvgIpc) is 2.43. The minimum atomic E-state index is -0.503. The van der Waals surface area contributed by atoms with Crippen molar-refractivity contribution < 1.29 is 9.13 Å². The quantitative estimate of drug-likeness (QED) is 0.847. The van der Waals surface area contributed by atoms with Gasteiger partial charge in [-0.25, -0.2) is 4.39 Å². The highest BCUT2D eigenvalue weighted by atomic mass is 79.9. The summed E-state index contributed by atoms with van der Waals surface area (Å²) in [6, 6.07) is 14.0. The molecule has 0 aliphatic rings. The van der Waals surface area contributed by atoms with Crippen molar-refractivity contribution in [2.45, 2.75) is 13.2 Å². The van der Waals surface area contributed by atoms with Crippen molar-refractivity contribution in [1.29, 1.82) is 5.26 Å². The van der Waals surface area contributed by atoms with E-state index in [1.54, 1.807) is 6.07 Å². The number of nitriles is 1. The van der Waals surface area contributed by atoms with E-state index in [0.29, 0.717) is 13.2 Å². The first-order chi connectivity index (χ1) is 9.20. The lowest BCUT2D eigenvalue weighted by Crippen LogP contribution is -1.96. The molecule has 0 unspecified atom stereocenters. The maximum absolute atomic E-state index is 13.1. The van der Waals surface area contributed by atoms with Gasteiger partial charge in [-0.3, -0.25) is 0 Å². The molecule has 0 aromatic heterocycles. The van der Waals surface area contributed by atoms with Crippen molar-refractivity contribution in [2.24, 2.45) is 0 Å². The summed E-state index contributed by atoms with van der Waals surface area (Å²) in [5.41, 5.74) is 1.87. The zero-order valence-corrected chi connectivity index (χ0v) is 11.7. The van der Waals surface area contributed by atoms with E-state index in [1.165, 1.54) is 12.1 Å². The van der Waals surface area contributed by atoms with E-state index < -0.39 is 5.82 Å². The molecule has 4 heteroatoms. The van der Waals surface area contributed by atoms with Gasteiger partial charge in [0.25, 0.3) is 0 Å². The Labute approximate surface area is 119 Å². The molecule has 2 aromatic rings. The smallest absolute Gasteiger partial charge is 0.140 e. The van der Waals surface area contributed by atoms with E-state index in [0.717, 1.165) is 15.6 Å². The van der Waals surface area contributed by atoms with E-state index in [1.807, 2.05) is 30.3 Å². The number of halogens is 2. The molecule has 2 nitrogen and oxygen atoms in total. The van der Waals surface area contributed by atoms with Gasteiger partial charge in [-0.2, -0.15) is 5.26 Å². The van der Waals surface area contributed by atoms with Gasteiger partial charge in [0, 0.05) is 4.47 Å². The fourth-order valence-corrected chi connectivity index (χ4v) is 2.04.